The first-order chi connectivity index (χ1) is 14.1. The molecule has 3 N–H and O–H groups in total. The number of nitrogens with one attached hydrogen (secondary N) is 3. The Morgan fingerprint density at radius 1 is 0.862 bits per heavy atom. The fourth-order valence-electron chi connectivity index (χ4n) is 3.20. The van der Waals surface area contributed by atoms with Gasteiger partial charge >= 0.3 is 6.03 Å². The largest absolute Gasteiger partial charge is 0.352 e. The highest BCUT2D eigenvalue weighted by Crippen LogP contribution is 2.11. The second-order valence-corrected chi connectivity index (χ2v) is 7.28. The first-order valence-corrected chi connectivity index (χ1v) is 10.0. The van der Waals surface area contributed by atoms with E-state index in [4.69, 9.17) is 0 Å². The average Bonchev–Trinajstić information content (AvgIpc) is 2.73. The van der Waals surface area contributed by atoms with E-state index in [1.165, 1.54) is 0 Å². The van der Waals surface area contributed by atoms with Crippen LogP contribution in [0.25, 0.3) is 0 Å². The molecule has 0 unspecified atom stereocenters. The number of urea groups is 1. The van der Waals surface area contributed by atoms with Gasteiger partial charge in [-0.1, -0.05) is 18.2 Å². The SMILES string of the molecule is CN1CCN(CCCNC(=O)c2ccc(NC(=O)Nc3ccccc3)cc2)CC1. The molecule has 7 nitrogen and oxygen atoms in total. The Kier molecular flexibility index (Phi) is 7.61. The topological polar surface area (TPSA) is 76.7 Å². The molecule has 7 heteroatoms. The third kappa shape index (κ3) is 6.89. The minimum Gasteiger partial charge on any atom is -0.352 e. The van der Waals surface area contributed by atoms with Gasteiger partial charge in [0.1, 0.15) is 0 Å². The molecule has 29 heavy (non-hydrogen) atoms. The van der Waals surface area contributed by atoms with Gasteiger partial charge in [0, 0.05) is 49.7 Å². The lowest BCUT2D eigenvalue weighted by Gasteiger charge is -2.32. The van der Waals surface area contributed by atoms with Crippen molar-refractivity contribution in [3.05, 3.63) is 60.2 Å². The molecule has 3 rings (SSSR count). The Labute approximate surface area is 172 Å². The van der Waals surface area contributed by atoms with Gasteiger partial charge in [0.25, 0.3) is 5.91 Å². The number of para-hydroxylation sites is 1. The van der Waals surface area contributed by atoms with Crippen LogP contribution < -0.4 is 16.0 Å². The van der Waals surface area contributed by atoms with E-state index in [-0.39, 0.29) is 11.9 Å². The van der Waals surface area contributed by atoms with Crippen molar-refractivity contribution in [2.75, 3.05) is 56.9 Å². The molecule has 2 aromatic carbocycles. The zero-order valence-corrected chi connectivity index (χ0v) is 16.9. The summed E-state index contributed by atoms with van der Waals surface area (Å²) in [4.78, 5) is 29.1. The van der Waals surface area contributed by atoms with Crippen LogP contribution in [0.3, 0.4) is 0 Å². The standard InChI is InChI=1S/C22H29N5O2/c1-26-14-16-27(17-15-26)13-5-12-23-21(28)18-8-10-20(11-9-18)25-22(29)24-19-6-3-2-4-7-19/h2-4,6-11H,5,12-17H2,1H3,(H,23,28)(H2,24,25,29). The summed E-state index contributed by atoms with van der Waals surface area (Å²) >= 11 is 0. The molecule has 1 fully saturated rings. The van der Waals surface area contributed by atoms with Gasteiger partial charge in [0.2, 0.25) is 0 Å². The van der Waals surface area contributed by atoms with E-state index >= 15 is 0 Å². The van der Waals surface area contributed by atoms with E-state index in [0.717, 1.165) is 44.8 Å². The van der Waals surface area contributed by atoms with Crippen molar-refractivity contribution in [3.8, 4) is 0 Å². The normalized spacial score (nSPS) is 14.9. The molecule has 1 aliphatic rings. The molecule has 0 saturated carbocycles. The number of carbonyl (C=O) groups excluding carboxylic acids is 2. The average molecular weight is 396 g/mol. The zero-order valence-electron chi connectivity index (χ0n) is 16.9. The van der Waals surface area contributed by atoms with Gasteiger partial charge in [-0.05, 0) is 56.4 Å². The highest BCUT2D eigenvalue weighted by molar-refractivity contribution is 6.00. The van der Waals surface area contributed by atoms with Gasteiger partial charge in [0.15, 0.2) is 0 Å². The molecule has 0 atom stereocenters. The van der Waals surface area contributed by atoms with Crippen LogP contribution in [0, 0.1) is 0 Å². The number of piperazine rings is 1. The summed E-state index contributed by atoms with van der Waals surface area (Å²) in [5, 5.41) is 8.48. The third-order valence-corrected chi connectivity index (χ3v) is 4.97. The molecular formula is C22H29N5O2. The van der Waals surface area contributed by atoms with Gasteiger partial charge in [-0.3, -0.25) is 4.79 Å². The number of nitrogens with zero attached hydrogens (tertiary/aromatic N) is 2. The van der Waals surface area contributed by atoms with Crippen molar-refractivity contribution in [3.63, 3.8) is 0 Å². The zero-order chi connectivity index (χ0) is 20.5. The predicted molar refractivity (Wildman–Crippen MR) is 116 cm³/mol. The highest BCUT2D eigenvalue weighted by Gasteiger charge is 2.13. The molecule has 1 saturated heterocycles. The number of rotatable bonds is 7. The molecule has 0 aromatic heterocycles. The van der Waals surface area contributed by atoms with Gasteiger partial charge in [-0.25, -0.2) is 4.79 Å². The van der Waals surface area contributed by atoms with Crippen molar-refractivity contribution >= 4 is 23.3 Å². The number of carbonyl (C=O) groups is 2. The Hall–Kier alpha value is -2.90. The van der Waals surface area contributed by atoms with E-state index in [1.54, 1.807) is 24.3 Å². The Balaban J connectivity index is 1.37. The predicted octanol–water partition coefficient (Wildman–Crippen LogP) is 2.70. The van der Waals surface area contributed by atoms with Crippen LogP contribution >= 0.6 is 0 Å². The number of amides is 3. The van der Waals surface area contributed by atoms with Crippen LogP contribution in [0.2, 0.25) is 0 Å². The lowest BCUT2D eigenvalue weighted by atomic mass is 10.2. The molecule has 2 aromatic rings. The minimum absolute atomic E-state index is 0.0938. The van der Waals surface area contributed by atoms with Crippen LogP contribution in [-0.2, 0) is 0 Å². The lowest BCUT2D eigenvalue weighted by molar-refractivity contribution is 0.0949. The maximum atomic E-state index is 12.3. The number of hydrogen-bond donors (Lipinski definition) is 3. The number of likely N-dealkylation sites (N-methyl/N-ethyl adjacent to an activating group) is 1. The minimum atomic E-state index is -0.322. The summed E-state index contributed by atoms with van der Waals surface area (Å²) in [6, 6.07) is 15.8. The van der Waals surface area contributed by atoms with Gasteiger partial charge < -0.3 is 25.8 Å². The second kappa shape index (κ2) is 10.6. The summed E-state index contributed by atoms with van der Waals surface area (Å²) in [5.41, 5.74) is 1.93. The van der Waals surface area contributed by atoms with Gasteiger partial charge in [0.05, 0.1) is 0 Å². The number of benzene rings is 2. The van der Waals surface area contributed by atoms with Crippen molar-refractivity contribution in [1.29, 1.82) is 0 Å². The first kappa shape index (κ1) is 20.8. The van der Waals surface area contributed by atoms with E-state index in [2.05, 4.69) is 32.8 Å². The van der Waals surface area contributed by atoms with Crippen molar-refractivity contribution in [2.45, 2.75) is 6.42 Å². The van der Waals surface area contributed by atoms with Crippen LogP contribution in [0.5, 0.6) is 0 Å². The van der Waals surface area contributed by atoms with Crippen LogP contribution in [0.15, 0.2) is 54.6 Å². The van der Waals surface area contributed by atoms with Crippen molar-refractivity contribution in [1.82, 2.24) is 15.1 Å². The summed E-state index contributed by atoms with van der Waals surface area (Å²) < 4.78 is 0. The molecule has 1 heterocycles. The van der Waals surface area contributed by atoms with Gasteiger partial charge in [-0.2, -0.15) is 0 Å². The summed E-state index contributed by atoms with van der Waals surface area (Å²) in [5.74, 6) is -0.0938. The third-order valence-electron chi connectivity index (χ3n) is 4.97. The van der Waals surface area contributed by atoms with E-state index in [1.807, 2.05) is 30.3 Å². The number of hydrogen-bond acceptors (Lipinski definition) is 4. The van der Waals surface area contributed by atoms with Gasteiger partial charge in [-0.15, -0.1) is 0 Å². The Morgan fingerprint density at radius 3 is 2.14 bits per heavy atom. The fraction of sp³-hybridized carbons (Fsp3) is 0.364. The molecule has 0 aliphatic carbocycles. The van der Waals surface area contributed by atoms with Crippen LogP contribution in [0.1, 0.15) is 16.8 Å². The molecule has 1 aliphatic heterocycles. The summed E-state index contributed by atoms with van der Waals surface area (Å²) in [6.45, 7) is 6.07. The first-order valence-electron chi connectivity index (χ1n) is 10.0. The maximum Gasteiger partial charge on any atom is 0.323 e. The van der Waals surface area contributed by atoms with Crippen molar-refractivity contribution in [2.24, 2.45) is 0 Å². The summed E-state index contributed by atoms with van der Waals surface area (Å²) in [7, 11) is 2.15. The maximum absolute atomic E-state index is 12.3. The van der Waals surface area contributed by atoms with E-state index < -0.39 is 0 Å². The molecule has 0 bridgehead atoms. The fourth-order valence-corrected chi connectivity index (χ4v) is 3.20. The quantitative estimate of drug-likeness (QED) is 0.630. The molecule has 0 radical (unpaired) electrons. The van der Waals surface area contributed by atoms with E-state index in [9.17, 15) is 9.59 Å². The Bertz CT molecular complexity index is 787. The molecule has 0 spiro atoms. The Morgan fingerprint density at radius 2 is 1.48 bits per heavy atom. The molecular weight excluding hydrogens is 366 g/mol. The molecule has 154 valence electrons. The monoisotopic (exact) mass is 395 g/mol. The highest BCUT2D eigenvalue weighted by atomic mass is 16.2. The lowest BCUT2D eigenvalue weighted by Crippen LogP contribution is -2.45. The van der Waals surface area contributed by atoms with Crippen LogP contribution in [-0.4, -0.2) is 68.1 Å². The van der Waals surface area contributed by atoms with E-state index in [0.29, 0.717) is 17.8 Å². The molecule has 3 amide bonds. The second-order valence-electron chi connectivity index (χ2n) is 7.28. The van der Waals surface area contributed by atoms with Crippen LogP contribution in [0.4, 0.5) is 16.2 Å². The van der Waals surface area contributed by atoms with Crippen molar-refractivity contribution < 1.29 is 9.59 Å². The number of anilines is 2. The smallest absolute Gasteiger partial charge is 0.323 e. The summed E-state index contributed by atoms with van der Waals surface area (Å²) in [6.07, 6.45) is 0.939.